The zero-order valence-electron chi connectivity index (χ0n) is 9.63. The molecule has 2 atom stereocenters. The lowest BCUT2D eigenvalue weighted by atomic mass is 10.1. The summed E-state index contributed by atoms with van der Waals surface area (Å²) in [5.41, 5.74) is 1.12. The summed E-state index contributed by atoms with van der Waals surface area (Å²) in [5, 5.41) is 3.03. The number of hydrogen-bond donors (Lipinski definition) is 1. The summed E-state index contributed by atoms with van der Waals surface area (Å²) in [6.07, 6.45) is 3.70. The highest BCUT2D eigenvalue weighted by atomic mass is 79.9. The van der Waals surface area contributed by atoms with Gasteiger partial charge >= 0.3 is 0 Å². The van der Waals surface area contributed by atoms with E-state index in [-0.39, 0.29) is 5.91 Å². The van der Waals surface area contributed by atoms with Crippen LogP contribution in [-0.2, 0) is 0 Å². The van der Waals surface area contributed by atoms with Crippen molar-refractivity contribution in [3.8, 4) is 0 Å². The van der Waals surface area contributed by atoms with Crippen LogP contribution in [0, 0.1) is 12.8 Å². The Morgan fingerprint density at radius 1 is 1.59 bits per heavy atom. The van der Waals surface area contributed by atoms with Crippen molar-refractivity contribution in [2.75, 3.05) is 6.54 Å². The number of alkyl halides is 1. The van der Waals surface area contributed by atoms with Crippen molar-refractivity contribution >= 4 is 49.1 Å². The van der Waals surface area contributed by atoms with Crippen molar-refractivity contribution in [3.05, 3.63) is 20.3 Å². The van der Waals surface area contributed by atoms with E-state index in [1.807, 2.05) is 13.0 Å². The lowest BCUT2D eigenvalue weighted by Gasteiger charge is -2.14. The summed E-state index contributed by atoms with van der Waals surface area (Å²) in [5.74, 6) is 0.638. The molecular formula is C12H15Br2NOS. The van der Waals surface area contributed by atoms with E-state index in [1.54, 1.807) is 0 Å². The van der Waals surface area contributed by atoms with E-state index < -0.39 is 0 Å². The third kappa shape index (κ3) is 3.32. The van der Waals surface area contributed by atoms with Gasteiger partial charge in [-0.2, -0.15) is 0 Å². The minimum atomic E-state index is 0.0513. The number of halogens is 2. The molecule has 0 spiro atoms. The fourth-order valence-electron chi connectivity index (χ4n) is 2.10. The molecule has 0 radical (unpaired) electrons. The van der Waals surface area contributed by atoms with Crippen LogP contribution in [0.3, 0.4) is 0 Å². The predicted octanol–water partition coefficient (Wildman–Crippen LogP) is 4.11. The minimum absolute atomic E-state index is 0.0513. The number of nitrogens with one attached hydrogen (secondary N) is 1. The molecule has 2 nitrogen and oxygen atoms in total. The van der Waals surface area contributed by atoms with E-state index in [4.69, 9.17) is 0 Å². The number of carbonyl (C=O) groups excluding carboxylic acids is 1. The Hall–Kier alpha value is 0.130. The van der Waals surface area contributed by atoms with Crippen molar-refractivity contribution in [2.45, 2.75) is 31.0 Å². The average Bonchev–Trinajstić information content (AvgIpc) is 2.83. The van der Waals surface area contributed by atoms with Crippen molar-refractivity contribution in [1.29, 1.82) is 0 Å². The van der Waals surface area contributed by atoms with Gasteiger partial charge in [0.25, 0.3) is 5.91 Å². The second kappa shape index (κ2) is 5.85. The zero-order chi connectivity index (χ0) is 12.4. The molecule has 2 rings (SSSR count). The van der Waals surface area contributed by atoms with Crippen molar-refractivity contribution in [2.24, 2.45) is 5.92 Å². The van der Waals surface area contributed by atoms with Gasteiger partial charge < -0.3 is 5.32 Å². The Balaban J connectivity index is 1.89. The molecular weight excluding hydrogens is 366 g/mol. The third-order valence-electron chi connectivity index (χ3n) is 3.17. The van der Waals surface area contributed by atoms with Crippen molar-refractivity contribution < 1.29 is 4.79 Å². The van der Waals surface area contributed by atoms with Gasteiger partial charge in [0, 0.05) is 11.4 Å². The van der Waals surface area contributed by atoms with Gasteiger partial charge in [0.05, 0.1) is 8.66 Å². The normalized spacial score (nSPS) is 23.9. The largest absolute Gasteiger partial charge is 0.351 e. The fourth-order valence-corrected chi connectivity index (χ4v) is 4.33. The molecule has 1 fully saturated rings. The van der Waals surface area contributed by atoms with Crippen LogP contribution in [0.25, 0.3) is 0 Å². The van der Waals surface area contributed by atoms with Crippen LogP contribution in [-0.4, -0.2) is 17.3 Å². The Labute approximate surface area is 122 Å². The van der Waals surface area contributed by atoms with Gasteiger partial charge in [0.2, 0.25) is 0 Å². The first-order valence-electron chi connectivity index (χ1n) is 5.76. The van der Waals surface area contributed by atoms with Crippen molar-refractivity contribution in [1.82, 2.24) is 5.32 Å². The van der Waals surface area contributed by atoms with E-state index in [9.17, 15) is 4.79 Å². The smallest absolute Gasteiger partial charge is 0.261 e. The van der Waals surface area contributed by atoms with Crippen LogP contribution in [0.15, 0.2) is 9.85 Å². The van der Waals surface area contributed by atoms with Crippen LogP contribution in [0.5, 0.6) is 0 Å². The van der Waals surface area contributed by atoms with Crippen LogP contribution >= 0.6 is 43.2 Å². The molecule has 2 unspecified atom stereocenters. The first-order chi connectivity index (χ1) is 8.08. The van der Waals surface area contributed by atoms with Crippen LogP contribution in [0.1, 0.15) is 34.5 Å². The van der Waals surface area contributed by atoms with Crippen LogP contribution in [0.2, 0.25) is 0 Å². The molecule has 1 aromatic rings. The molecule has 1 aliphatic rings. The summed E-state index contributed by atoms with van der Waals surface area (Å²) in [6.45, 7) is 2.78. The molecule has 0 bridgehead atoms. The second-order valence-electron chi connectivity index (χ2n) is 4.48. The molecule has 1 amide bonds. The van der Waals surface area contributed by atoms with Gasteiger partial charge in [-0.3, -0.25) is 4.79 Å². The second-order valence-corrected chi connectivity index (χ2v) is 8.03. The molecule has 0 aliphatic heterocycles. The Bertz CT molecular complexity index is 399. The van der Waals surface area contributed by atoms with Crippen LogP contribution in [0.4, 0.5) is 0 Å². The molecule has 94 valence electrons. The number of aryl methyl sites for hydroxylation is 1. The molecule has 5 heteroatoms. The molecule has 1 heterocycles. The summed E-state index contributed by atoms with van der Waals surface area (Å²) in [6, 6.07) is 1.93. The quantitative estimate of drug-likeness (QED) is 0.785. The molecule has 1 N–H and O–H groups in total. The first-order valence-corrected chi connectivity index (χ1v) is 8.28. The van der Waals surface area contributed by atoms with E-state index in [2.05, 4.69) is 37.2 Å². The monoisotopic (exact) mass is 379 g/mol. The summed E-state index contributed by atoms with van der Waals surface area (Å²) >= 11 is 8.61. The van der Waals surface area contributed by atoms with Gasteiger partial charge in [-0.15, -0.1) is 11.3 Å². The summed E-state index contributed by atoms with van der Waals surface area (Å²) in [7, 11) is 0. The maximum absolute atomic E-state index is 11.9. The summed E-state index contributed by atoms with van der Waals surface area (Å²) in [4.78, 5) is 13.3. The highest BCUT2D eigenvalue weighted by Gasteiger charge is 2.25. The summed E-state index contributed by atoms with van der Waals surface area (Å²) < 4.78 is 1.04. The topological polar surface area (TPSA) is 29.1 Å². The van der Waals surface area contributed by atoms with Crippen LogP contribution < -0.4 is 5.32 Å². The molecule has 1 aliphatic carbocycles. The Kier molecular flexibility index (Phi) is 4.66. The molecule has 0 aromatic carbocycles. The number of hydrogen-bond acceptors (Lipinski definition) is 2. The van der Waals surface area contributed by atoms with E-state index in [0.29, 0.717) is 10.7 Å². The van der Waals surface area contributed by atoms with Gasteiger partial charge in [0.15, 0.2) is 0 Å². The first kappa shape index (κ1) is 13.6. The Morgan fingerprint density at radius 2 is 2.35 bits per heavy atom. The highest BCUT2D eigenvalue weighted by molar-refractivity contribution is 9.11. The van der Waals surface area contributed by atoms with E-state index in [1.165, 1.54) is 30.6 Å². The van der Waals surface area contributed by atoms with Crippen molar-refractivity contribution in [3.63, 3.8) is 0 Å². The van der Waals surface area contributed by atoms with E-state index >= 15 is 0 Å². The minimum Gasteiger partial charge on any atom is -0.351 e. The van der Waals surface area contributed by atoms with Gasteiger partial charge in [-0.1, -0.05) is 22.4 Å². The van der Waals surface area contributed by atoms with Gasteiger partial charge in [0.1, 0.15) is 0 Å². The number of thiophene rings is 1. The molecule has 1 aromatic heterocycles. The zero-order valence-corrected chi connectivity index (χ0v) is 13.6. The predicted molar refractivity (Wildman–Crippen MR) is 79.1 cm³/mol. The standard InChI is InChI=1S/C12H15Br2NOS/c1-7-5-10(17-11(7)14)12(16)15-6-8-3-2-4-9(8)13/h5,8-9H,2-4,6H2,1H3,(H,15,16). The van der Waals surface area contributed by atoms with Gasteiger partial charge in [-0.25, -0.2) is 0 Å². The fraction of sp³-hybridized carbons (Fsp3) is 0.583. The maximum Gasteiger partial charge on any atom is 0.261 e. The average molecular weight is 381 g/mol. The molecule has 0 saturated heterocycles. The lowest BCUT2D eigenvalue weighted by Crippen LogP contribution is -2.30. The number of amides is 1. The molecule has 1 saturated carbocycles. The molecule has 17 heavy (non-hydrogen) atoms. The SMILES string of the molecule is Cc1cc(C(=O)NCC2CCCC2Br)sc1Br. The number of carbonyl (C=O) groups is 1. The lowest BCUT2D eigenvalue weighted by molar-refractivity contribution is 0.0952. The van der Waals surface area contributed by atoms with Gasteiger partial charge in [-0.05, 0) is 53.2 Å². The highest BCUT2D eigenvalue weighted by Crippen LogP contribution is 2.31. The third-order valence-corrected chi connectivity index (χ3v) is 6.51. The maximum atomic E-state index is 11.9. The van der Waals surface area contributed by atoms with E-state index in [0.717, 1.165) is 20.8 Å². The number of rotatable bonds is 3. The Morgan fingerprint density at radius 3 is 2.88 bits per heavy atom.